The molecule has 2 aliphatic rings. The molecule has 1 spiro atoms. The maximum Gasteiger partial charge on any atom is 0.127 e. The maximum absolute atomic E-state index is 10.3. The van der Waals surface area contributed by atoms with Gasteiger partial charge in [-0.1, -0.05) is 6.07 Å². The molecule has 2 saturated heterocycles. The van der Waals surface area contributed by atoms with Gasteiger partial charge < -0.3 is 14.7 Å². The molecule has 122 valence electrons. The summed E-state index contributed by atoms with van der Waals surface area (Å²) in [4.78, 5) is 8.92. The molecule has 0 aromatic carbocycles. The van der Waals surface area contributed by atoms with Crippen LogP contribution in [0, 0.1) is 0 Å². The van der Waals surface area contributed by atoms with Gasteiger partial charge in [0.05, 0.1) is 11.7 Å². The molecule has 3 heterocycles. The van der Waals surface area contributed by atoms with Crippen molar-refractivity contribution in [1.29, 1.82) is 0 Å². The van der Waals surface area contributed by atoms with Gasteiger partial charge in [-0.05, 0) is 37.3 Å². The second-order valence-electron chi connectivity index (χ2n) is 6.77. The third-order valence-corrected chi connectivity index (χ3v) is 4.99. The molecule has 0 aliphatic carbocycles. The van der Waals surface area contributed by atoms with Gasteiger partial charge in [-0.2, -0.15) is 0 Å². The first-order valence-corrected chi connectivity index (χ1v) is 8.26. The molecule has 1 aromatic rings. The Morgan fingerprint density at radius 1 is 1.36 bits per heavy atom. The highest BCUT2D eigenvalue weighted by Crippen LogP contribution is 2.35. The van der Waals surface area contributed by atoms with Crippen molar-refractivity contribution in [2.75, 3.05) is 38.7 Å². The standard InChI is InChI=1S/C17H27N3O2/c1-19(2)16-6-5-14(12-18-16)13-20-9-7-17(8-10-20)15(21)4-3-11-22-17/h5-6,12,15,21H,3-4,7-11,13H2,1-2H3. The summed E-state index contributed by atoms with van der Waals surface area (Å²) in [5.74, 6) is 0.986. The molecule has 0 amide bonds. The van der Waals surface area contributed by atoms with Crippen molar-refractivity contribution in [3.63, 3.8) is 0 Å². The van der Waals surface area contributed by atoms with E-state index in [0.29, 0.717) is 0 Å². The summed E-state index contributed by atoms with van der Waals surface area (Å²) in [5.41, 5.74) is 0.966. The summed E-state index contributed by atoms with van der Waals surface area (Å²) in [7, 11) is 4.00. The molecule has 1 N–H and O–H groups in total. The van der Waals surface area contributed by atoms with Crippen LogP contribution in [0.4, 0.5) is 5.82 Å². The number of aliphatic hydroxyl groups is 1. The number of aromatic nitrogens is 1. The zero-order valence-electron chi connectivity index (χ0n) is 13.7. The van der Waals surface area contributed by atoms with Gasteiger partial charge in [0.1, 0.15) is 5.82 Å². The summed E-state index contributed by atoms with van der Waals surface area (Å²) in [5, 5.41) is 10.3. The van der Waals surface area contributed by atoms with Crippen LogP contribution in [0.3, 0.4) is 0 Å². The van der Waals surface area contributed by atoms with Gasteiger partial charge in [0.15, 0.2) is 0 Å². The summed E-state index contributed by atoms with van der Waals surface area (Å²) in [6.07, 6.45) is 5.40. The number of hydrogen-bond acceptors (Lipinski definition) is 5. The monoisotopic (exact) mass is 305 g/mol. The van der Waals surface area contributed by atoms with Crippen LogP contribution >= 0.6 is 0 Å². The zero-order chi connectivity index (χ0) is 15.6. The van der Waals surface area contributed by atoms with Gasteiger partial charge in [0.25, 0.3) is 0 Å². The highest BCUT2D eigenvalue weighted by molar-refractivity contribution is 5.37. The predicted octanol–water partition coefficient (Wildman–Crippen LogP) is 1.65. The summed E-state index contributed by atoms with van der Waals surface area (Å²) >= 11 is 0. The number of aliphatic hydroxyl groups excluding tert-OH is 1. The average Bonchev–Trinajstić information content (AvgIpc) is 2.53. The van der Waals surface area contributed by atoms with Crippen LogP contribution in [0.15, 0.2) is 18.3 Å². The van der Waals surface area contributed by atoms with E-state index in [1.807, 2.05) is 25.2 Å². The lowest BCUT2D eigenvalue weighted by atomic mass is 9.82. The minimum atomic E-state index is -0.288. The van der Waals surface area contributed by atoms with Crippen LogP contribution in [-0.4, -0.2) is 60.5 Å². The second-order valence-corrected chi connectivity index (χ2v) is 6.77. The van der Waals surface area contributed by atoms with Crippen LogP contribution in [0.2, 0.25) is 0 Å². The normalized spacial score (nSPS) is 25.3. The Morgan fingerprint density at radius 2 is 2.14 bits per heavy atom. The van der Waals surface area contributed by atoms with E-state index >= 15 is 0 Å². The van der Waals surface area contributed by atoms with E-state index < -0.39 is 0 Å². The van der Waals surface area contributed by atoms with Crippen molar-refractivity contribution in [3.8, 4) is 0 Å². The molecule has 2 fully saturated rings. The third kappa shape index (κ3) is 3.26. The second kappa shape index (κ2) is 6.52. The van der Waals surface area contributed by atoms with Gasteiger partial charge in [-0.3, -0.25) is 4.90 Å². The first-order valence-electron chi connectivity index (χ1n) is 8.26. The van der Waals surface area contributed by atoms with E-state index in [4.69, 9.17) is 4.74 Å². The van der Waals surface area contributed by atoms with E-state index in [-0.39, 0.29) is 11.7 Å². The fraction of sp³-hybridized carbons (Fsp3) is 0.706. The zero-order valence-corrected chi connectivity index (χ0v) is 13.7. The van der Waals surface area contributed by atoms with Crippen molar-refractivity contribution >= 4 is 5.82 Å². The highest BCUT2D eigenvalue weighted by Gasteiger charge is 2.43. The number of anilines is 1. The lowest BCUT2D eigenvalue weighted by Crippen LogP contribution is -2.55. The van der Waals surface area contributed by atoms with Crippen LogP contribution in [-0.2, 0) is 11.3 Å². The Kier molecular flexibility index (Phi) is 4.66. The SMILES string of the molecule is CN(C)c1ccc(CN2CCC3(CC2)OCCCC3O)cn1. The minimum Gasteiger partial charge on any atom is -0.390 e. The smallest absolute Gasteiger partial charge is 0.127 e. The number of pyridine rings is 1. The molecule has 1 unspecified atom stereocenters. The van der Waals surface area contributed by atoms with Crippen LogP contribution in [0.5, 0.6) is 0 Å². The van der Waals surface area contributed by atoms with Crippen molar-refractivity contribution in [1.82, 2.24) is 9.88 Å². The lowest BCUT2D eigenvalue weighted by molar-refractivity contribution is -0.177. The first kappa shape index (κ1) is 15.7. The lowest BCUT2D eigenvalue weighted by Gasteiger charge is -2.46. The first-order chi connectivity index (χ1) is 10.6. The third-order valence-electron chi connectivity index (χ3n) is 4.99. The van der Waals surface area contributed by atoms with Gasteiger partial charge in [-0.25, -0.2) is 4.98 Å². The molecular weight excluding hydrogens is 278 g/mol. The fourth-order valence-corrected chi connectivity index (χ4v) is 3.51. The molecular formula is C17H27N3O2. The number of nitrogens with zero attached hydrogens (tertiary/aromatic N) is 3. The number of ether oxygens (including phenoxy) is 1. The van der Waals surface area contributed by atoms with Crippen molar-refractivity contribution in [2.24, 2.45) is 0 Å². The number of piperidine rings is 1. The molecule has 22 heavy (non-hydrogen) atoms. The Balaban J connectivity index is 1.55. The molecule has 3 rings (SSSR count). The van der Waals surface area contributed by atoms with E-state index in [1.165, 1.54) is 5.56 Å². The summed E-state index contributed by atoms with van der Waals surface area (Å²) in [6, 6.07) is 4.22. The van der Waals surface area contributed by atoms with E-state index in [9.17, 15) is 5.11 Å². The van der Waals surface area contributed by atoms with Crippen molar-refractivity contribution in [2.45, 2.75) is 43.9 Å². The van der Waals surface area contributed by atoms with E-state index in [0.717, 1.165) is 57.7 Å². The Bertz CT molecular complexity index is 481. The molecule has 0 saturated carbocycles. The molecule has 1 aromatic heterocycles. The largest absolute Gasteiger partial charge is 0.390 e. The molecule has 5 heteroatoms. The molecule has 1 atom stereocenters. The van der Waals surface area contributed by atoms with Gasteiger partial charge in [-0.15, -0.1) is 0 Å². The van der Waals surface area contributed by atoms with Crippen molar-refractivity contribution in [3.05, 3.63) is 23.9 Å². The molecule has 0 bridgehead atoms. The molecule has 0 radical (unpaired) electrons. The predicted molar refractivity (Wildman–Crippen MR) is 87.0 cm³/mol. The van der Waals surface area contributed by atoms with Crippen LogP contribution < -0.4 is 4.90 Å². The quantitative estimate of drug-likeness (QED) is 0.920. The van der Waals surface area contributed by atoms with Gasteiger partial charge in [0, 0.05) is 46.5 Å². The van der Waals surface area contributed by atoms with E-state index in [1.54, 1.807) is 0 Å². The van der Waals surface area contributed by atoms with Crippen LogP contribution in [0.25, 0.3) is 0 Å². The molecule has 5 nitrogen and oxygen atoms in total. The van der Waals surface area contributed by atoms with Crippen LogP contribution in [0.1, 0.15) is 31.2 Å². The summed E-state index contributed by atoms with van der Waals surface area (Å²) in [6.45, 7) is 3.68. The van der Waals surface area contributed by atoms with E-state index in [2.05, 4.69) is 22.0 Å². The topological polar surface area (TPSA) is 48.8 Å². The Hall–Kier alpha value is -1.17. The molecule has 2 aliphatic heterocycles. The Labute approximate surface area is 132 Å². The van der Waals surface area contributed by atoms with Gasteiger partial charge >= 0.3 is 0 Å². The Morgan fingerprint density at radius 3 is 2.73 bits per heavy atom. The fourth-order valence-electron chi connectivity index (χ4n) is 3.51. The number of likely N-dealkylation sites (tertiary alicyclic amines) is 1. The summed E-state index contributed by atoms with van der Waals surface area (Å²) < 4.78 is 5.96. The number of hydrogen-bond donors (Lipinski definition) is 1. The van der Waals surface area contributed by atoms with Gasteiger partial charge in [0.2, 0.25) is 0 Å². The minimum absolute atomic E-state index is 0.276. The van der Waals surface area contributed by atoms with Crippen molar-refractivity contribution < 1.29 is 9.84 Å². The maximum atomic E-state index is 10.3. The highest BCUT2D eigenvalue weighted by atomic mass is 16.5. The number of rotatable bonds is 3. The average molecular weight is 305 g/mol.